The molecule has 0 aliphatic rings. The number of rotatable bonds is 5. The van der Waals surface area contributed by atoms with Gasteiger partial charge in [-0.05, 0) is 18.6 Å². The van der Waals surface area contributed by atoms with Crippen LogP contribution in [-0.4, -0.2) is 13.3 Å². The van der Waals surface area contributed by atoms with Crippen LogP contribution in [0.5, 0.6) is 0 Å². The molecule has 0 saturated carbocycles. The third-order valence-corrected chi connectivity index (χ3v) is 2.13. The van der Waals surface area contributed by atoms with E-state index < -0.39 is 0 Å². The minimum Gasteiger partial charge on any atom is -0.301 e. The summed E-state index contributed by atoms with van der Waals surface area (Å²) in [7, 11) is 0. The van der Waals surface area contributed by atoms with Gasteiger partial charge in [0, 0.05) is 6.54 Å². The maximum absolute atomic E-state index is 3.89. The molecule has 1 nitrogen and oxygen atoms in total. The van der Waals surface area contributed by atoms with Crippen molar-refractivity contribution in [2.45, 2.75) is 33.6 Å². The van der Waals surface area contributed by atoms with E-state index in [4.69, 9.17) is 0 Å². The molecule has 0 aromatic carbocycles. The summed E-state index contributed by atoms with van der Waals surface area (Å²) in [6.45, 7) is 11.2. The van der Waals surface area contributed by atoms with Gasteiger partial charge in [-0.1, -0.05) is 33.6 Å². The molecular weight excluding hydrogens is 122 g/mol. The Morgan fingerprint density at radius 1 is 1.30 bits per heavy atom. The van der Waals surface area contributed by atoms with Gasteiger partial charge < -0.3 is 4.99 Å². The lowest BCUT2D eigenvalue weighted by Gasteiger charge is -2.16. The first-order valence-electron chi connectivity index (χ1n) is 4.14. The highest BCUT2D eigenvalue weighted by Gasteiger charge is 2.08. The second-order valence-corrected chi connectivity index (χ2v) is 3.15. The number of aliphatic imine (C=N–C) groups is 1. The number of hydrogen-bond donors (Lipinski definition) is 0. The largest absolute Gasteiger partial charge is 0.301 e. The molecule has 0 amide bonds. The molecule has 2 atom stereocenters. The molecule has 1 heteroatoms. The second kappa shape index (κ2) is 5.45. The quantitative estimate of drug-likeness (QED) is 0.522. The van der Waals surface area contributed by atoms with Gasteiger partial charge in [0.1, 0.15) is 0 Å². The summed E-state index contributed by atoms with van der Waals surface area (Å²) in [6, 6.07) is 0. The maximum Gasteiger partial charge on any atom is 0.0410 e. The van der Waals surface area contributed by atoms with Gasteiger partial charge in [0.25, 0.3) is 0 Å². The van der Waals surface area contributed by atoms with Crippen LogP contribution >= 0.6 is 0 Å². The molecule has 0 spiro atoms. The molecule has 0 bridgehead atoms. The normalized spacial score (nSPS) is 16.3. The van der Waals surface area contributed by atoms with Gasteiger partial charge in [0.15, 0.2) is 0 Å². The first-order chi connectivity index (χ1) is 4.72. The number of hydrogen-bond acceptors (Lipinski definition) is 1. The van der Waals surface area contributed by atoms with Gasteiger partial charge in [0.2, 0.25) is 0 Å². The molecule has 0 N–H and O–H groups in total. The molecule has 0 aromatic heterocycles. The van der Waals surface area contributed by atoms with Crippen LogP contribution in [0.25, 0.3) is 0 Å². The number of nitrogens with zero attached hydrogens (tertiary/aromatic N) is 1. The third-order valence-electron chi connectivity index (χ3n) is 2.13. The first kappa shape index (κ1) is 9.67. The van der Waals surface area contributed by atoms with Gasteiger partial charge in [-0.25, -0.2) is 0 Å². The minimum atomic E-state index is 0.706. The Bertz CT molecular complexity index is 88.7. The highest BCUT2D eigenvalue weighted by atomic mass is 14.7. The summed E-state index contributed by atoms with van der Waals surface area (Å²) in [4.78, 5) is 3.89. The van der Waals surface area contributed by atoms with Crippen molar-refractivity contribution in [3.05, 3.63) is 0 Å². The Morgan fingerprint density at radius 3 is 2.30 bits per heavy atom. The summed E-state index contributed by atoms with van der Waals surface area (Å²) >= 11 is 0. The zero-order valence-electron chi connectivity index (χ0n) is 7.43. The molecule has 0 aliphatic heterocycles. The Labute approximate surface area is 64.6 Å². The van der Waals surface area contributed by atoms with Crippen LogP contribution in [-0.2, 0) is 0 Å². The van der Waals surface area contributed by atoms with E-state index in [1.165, 1.54) is 12.8 Å². The van der Waals surface area contributed by atoms with Gasteiger partial charge in [0.05, 0.1) is 0 Å². The van der Waals surface area contributed by atoms with E-state index in [9.17, 15) is 0 Å². The summed E-state index contributed by atoms with van der Waals surface area (Å²) in [5, 5.41) is 0. The Morgan fingerprint density at radius 2 is 1.90 bits per heavy atom. The lowest BCUT2D eigenvalue weighted by atomic mass is 9.92. The smallest absolute Gasteiger partial charge is 0.0410 e. The summed E-state index contributed by atoms with van der Waals surface area (Å²) < 4.78 is 0. The highest BCUT2D eigenvalue weighted by molar-refractivity contribution is 5.23. The molecule has 0 aliphatic carbocycles. The van der Waals surface area contributed by atoms with Crippen LogP contribution in [0.3, 0.4) is 0 Å². The fourth-order valence-corrected chi connectivity index (χ4v) is 1.12. The van der Waals surface area contributed by atoms with Crippen LogP contribution < -0.4 is 0 Å². The molecule has 0 aromatic rings. The standard InChI is InChI=1S/C9H19N/c1-5-6-8(2)9(3)7-10-4/h8-9H,4-7H2,1-3H3. The molecule has 0 saturated heterocycles. The third kappa shape index (κ3) is 3.65. The second-order valence-electron chi connectivity index (χ2n) is 3.15. The predicted molar refractivity (Wildman–Crippen MR) is 47.7 cm³/mol. The van der Waals surface area contributed by atoms with E-state index in [-0.39, 0.29) is 0 Å². The topological polar surface area (TPSA) is 12.4 Å². The van der Waals surface area contributed by atoms with Crippen molar-refractivity contribution < 1.29 is 0 Å². The molecule has 10 heavy (non-hydrogen) atoms. The monoisotopic (exact) mass is 141 g/mol. The fraction of sp³-hybridized carbons (Fsp3) is 0.889. The molecule has 2 unspecified atom stereocenters. The molecule has 0 radical (unpaired) electrons. The van der Waals surface area contributed by atoms with Crippen molar-refractivity contribution in [2.75, 3.05) is 6.54 Å². The highest BCUT2D eigenvalue weighted by Crippen LogP contribution is 2.16. The van der Waals surface area contributed by atoms with Gasteiger partial charge >= 0.3 is 0 Å². The first-order valence-corrected chi connectivity index (χ1v) is 4.14. The maximum atomic E-state index is 3.89. The van der Waals surface area contributed by atoms with E-state index in [1.54, 1.807) is 0 Å². The average molecular weight is 141 g/mol. The van der Waals surface area contributed by atoms with Crippen molar-refractivity contribution >= 4 is 6.72 Å². The Hall–Kier alpha value is -0.330. The minimum absolute atomic E-state index is 0.706. The summed E-state index contributed by atoms with van der Waals surface area (Å²) in [5.41, 5.74) is 0. The van der Waals surface area contributed by atoms with E-state index in [0.29, 0.717) is 5.92 Å². The van der Waals surface area contributed by atoms with Crippen molar-refractivity contribution in [1.82, 2.24) is 0 Å². The summed E-state index contributed by atoms with van der Waals surface area (Å²) in [5.74, 6) is 1.51. The van der Waals surface area contributed by atoms with E-state index in [1.807, 2.05) is 0 Å². The predicted octanol–water partition coefficient (Wildman–Crippen LogP) is 2.76. The van der Waals surface area contributed by atoms with Crippen LogP contribution in [0.4, 0.5) is 0 Å². The Kier molecular flexibility index (Phi) is 5.27. The zero-order chi connectivity index (χ0) is 7.98. The van der Waals surface area contributed by atoms with Crippen LogP contribution in [0.15, 0.2) is 4.99 Å². The van der Waals surface area contributed by atoms with Crippen molar-refractivity contribution in [2.24, 2.45) is 16.8 Å². The van der Waals surface area contributed by atoms with Crippen LogP contribution in [0.1, 0.15) is 33.6 Å². The SMILES string of the molecule is C=NCC(C)C(C)CCC. The van der Waals surface area contributed by atoms with E-state index in [0.717, 1.165) is 12.5 Å². The lowest BCUT2D eigenvalue weighted by Crippen LogP contribution is -2.10. The van der Waals surface area contributed by atoms with Crippen LogP contribution in [0, 0.1) is 11.8 Å². The van der Waals surface area contributed by atoms with E-state index in [2.05, 4.69) is 32.5 Å². The van der Waals surface area contributed by atoms with Crippen LogP contribution in [0.2, 0.25) is 0 Å². The summed E-state index contributed by atoms with van der Waals surface area (Å²) in [6.07, 6.45) is 2.60. The molecular formula is C9H19N. The van der Waals surface area contributed by atoms with Gasteiger partial charge in [-0.15, -0.1) is 0 Å². The van der Waals surface area contributed by atoms with Crippen molar-refractivity contribution in [3.8, 4) is 0 Å². The average Bonchev–Trinajstić information content (AvgIpc) is 1.89. The fourth-order valence-electron chi connectivity index (χ4n) is 1.12. The Balaban J connectivity index is 3.47. The lowest BCUT2D eigenvalue weighted by molar-refractivity contribution is 0.370. The van der Waals surface area contributed by atoms with Gasteiger partial charge in [-0.3, -0.25) is 0 Å². The molecule has 0 rings (SSSR count). The van der Waals surface area contributed by atoms with Gasteiger partial charge in [-0.2, -0.15) is 0 Å². The van der Waals surface area contributed by atoms with Crippen molar-refractivity contribution in [1.29, 1.82) is 0 Å². The van der Waals surface area contributed by atoms with Crippen molar-refractivity contribution in [3.63, 3.8) is 0 Å². The van der Waals surface area contributed by atoms with E-state index >= 15 is 0 Å². The zero-order valence-corrected chi connectivity index (χ0v) is 7.43. The molecule has 0 heterocycles. The molecule has 0 fully saturated rings. The molecule has 60 valence electrons.